The maximum absolute atomic E-state index is 12.8. The zero-order valence-corrected chi connectivity index (χ0v) is 14.3. The van der Waals surface area contributed by atoms with Gasteiger partial charge in [0.2, 0.25) is 0 Å². The monoisotopic (exact) mass is 332 g/mol. The van der Waals surface area contributed by atoms with Crippen molar-refractivity contribution in [2.24, 2.45) is 11.8 Å². The summed E-state index contributed by atoms with van der Waals surface area (Å²) in [5.41, 5.74) is 0.765. The maximum atomic E-state index is 12.8. The van der Waals surface area contributed by atoms with Crippen LogP contribution in [0.15, 0.2) is 24.3 Å². The molecule has 3 aliphatic heterocycles. The highest BCUT2D eigenvalue weighted by Gasteiger charge is 2.37. The van der Waals surface area contributed by atoms with Gasteiger partial charge in [0.25, 0.3) is 5.91 Å². The van der Waals surface area contributed by atoms with Gasteiger partial charge in [0.05, 0.1) is 0 Å². The quantitative estimate of drug-likeness (QED) is 0.843. The van der Waals surface area contributed by atoms with Crippen molar-refractivity contribution in [1.29, 1.82) is 0 Å². The number of benzene rings is 1. The third-order valence-corrected chi connectivity index (χ3v) is 6.17. The Hall–Kier alpha value is -1.06. The first-order valence-corrected chi connectivity index (χ1v) is 9.36. The fraction of sp³-hybridized carbons (Fsp3) is 0.632. The highest BCUT2D eigenvalue weighted by Crippen LogP contribution is 2.33. The van der Waals surface area contributed by atoms with Crippen LogP contribution in [0.2, 0.25) is 5.02 Å². The molecule has 3 heterocycles. The number of fused-ring (bicyclic) bond motifs is 4. The van der Waals surface area contributed by atoms with Gasteiger partial charge in [0.1, 0.15) is 0 Å². The topological polar surface area (TPSA) is 23.6 Å². The van der Waals surface area contributed by atoms with E-state index in [4.69, 9.17) is 11.6 Å². The average Bonchev–Trinajstić information content (AvgIpc) is 2.82. The molecule has 3 nitrogen and oxygen atoms in total. The van der Waals surface area contributed by atoms with Gasteiger partial charge in [-0.05, 0) is 61.8 Å². The van der Waals surface area contributed by atoms with Gasteiger partial charge < -0.3 is 4.90 Å². The Morgan fingerprint density at radius 3 is 2.52 bits per heavy atom. The third-order valence-electron chi connectivity index (χ3n) is 5.92. The first-order valence-electron chi connectivity index (χ1n) is 8.98. The summed E-state index contributed by atoms with van der Waals surface area (Å²) in [7, 11) is 0. The number of halogens is 1. The van der Waals surface area contributed by atoms with Gasteiger partial charge in [-0.15, -0.1) is 0 Å². The molecule has 0 spiro atoms. The summed E-state index contributed by atoms with van der Waals surface area (Å²) in [4.78, 5) is 17.6. The van der Waals surface area contributed by atoms with Crippen LogP contribution in [-0.2, 0) is 0 Å². The van der Waals surface area contributed by atoms with E-state index in [1.807, 2.05) is 24.3 Å². The molecule has 2 bridgehead atoms. The number of carbonyl (C=O) groups excluding carboxylic acids is 1. The Morgan fingerprint density at radius 1 is 1.04 bits per heavy atom. The zero-order valence-electron chi connectivity index (χ0n) is 13.6. The summed E-state index contributed by atoms with van der Waals surface area (Å²) < 4.78 is 0. The normalized spacial score (nSPS) is 28.5. The van der Waals surface area contributed by atoms with Crippen LogP contribution >= 0.6 is 11.6 Å². The Bertz CT molecular complexity index is 569. The van der Waals surface area contributed by atoms with E-state index in [0.717, 1.165) is 24.6 Å². The van der Waals surface area contributed by atoms with Crippen LogP contribution < -0.4 is 0 Å². The van der Waals surface area contributed by atoms with E-state index in [0.29, 0.717) is 17.0 Å². The zero-order chi connectivity index (χ0) is 15.8. The molecule has 1 aromatic carbocycles. The molecule has 0 radical (unpaired) electrons. The highest BCUT2D eigenvalue weighted by molar-refractivity contribution is 6.30. The molecule has 4 aliphatic rings. The molecular formula is C19H25ClN2O. The lowest BCUT2D eigenvalue weighted by atomic mass is 9.83. The van der Waals surface area contributed by atoms with E-state index >= 15 is 0 Å². The summed E-state index contributed by atoms with van der Waals surface area (Å²) in [5, 5.41) is 0.684. The highest BCUT2D eigenvalue weighted by atomic mass is 35.5. The second-order valence-corrected chi connectivity index (χ2v) is 8.00. The van der Waals surface area contributed by atoms with Crippen molar-refractivity contribution in [3.8, 4) is 0 Å². The lowest BCUT2D eigenvalue weighted by Gasteiger charge is -2.40. The molecule has 0 unspecified atom stereocenters. The van der Waals surface area contributed by atoms with Crippen molar-refractivity contribution in [3.05, 3.63) is 34.9 Å². The van der Waals surface area contributed by atoms with Crippen molar-refractivity contribution in [2.75, 3.05) is 26.2 Å². The van der Waals surface area contributed by atoms with Gasteiger partial charge in [0, 0.05) is 42.8 Å². The molecule has 124 valence electrons. The van der Waals surface area contributed by atoms with Crippen LogP contribution in [0.3, 0.4) is 0 Å². The Kier molecular flexibility index (Phi) is 4.33. The van der Waals surface area contributed by atoms with Gasteiger partial charge in [0.15, 0.2) is 0 Å². The van der Waals surface area contributed by atoms with Crippen molar-refractivity contribution in [1.82, 2.24) is 9.80 Å². The molecule has 1 saturated carbocycles. The maximum Gasteiger partial charge on any atom is 0.253 e. The Labute approximate surface area is 143 Å². The summed E-state index contributed by atoms with van der Waals surface area (Å²) in [5.74, 6) is 1.73. The molecule has 5 rings (SSSR count). The van der Waals surface area contributed by atoms with Gasteiger partial charge in [-0.2, -0.15) is 0 Å². The third kappa shape index (κ3) is 3.27. The van der Waals surface area contributed by atoms with Crippen molar-refractivity contribution >= 4 is 17.5 Å². The average molecular weight is 333 g/mol. The lowest BCUT2D eigenvalue weighted by Crippen LogP contribution is -2.47. The number of hydrogen-bond donors (Lipinski definition) is 0. The first-order chi connectivity index (χ1) is 11.2. The fourth-order valence-corrected chi connectivity index (χ4v) is 4.48. The van der Waals surface area contributed by atoms with Gasteiger partial charge >= 0.3 is 0 Å². The van der Waals surface area contributed by atoms with E-state index < -0.39 is 0 Å². The van der Waals surface area contributed by atoms with Crippen LogP contribution in [0, 0.1) is 11.8 Å². The van der Waals surface area contributed by atoms with Crippen molar-refractivity contribution in [2.45, 2.75) is 38.1 Å². The molecule has 1 aliphatic carbocycles. The van der Waals surface area contributed by atoms with Crippen LogP contribution in [-0.4, -0.2) is 47.9 Å². The number of amides is 1. The van der Waals surface area contributed by atoms with Crippen LogP contribution in [0.5, 0.6) is 0 Å². The summed E-state index contributed by atoms with van der Waals surface area (Å²) in [6.07, 6.45) is 6.74. The van der Waals surface area contributed by atoms with Crippen LogP contribution in [0.1, 0.15) is 42.5 Å². The second kappa shape index (κ2) is 6.45. The fourth-order valence-electron chi connectivity index (χ4n) is 4.35. The summed E-state index contributed by atoms with van der Waals surface area (Å²) in [6, 6.07) is 7.88. The van der Waals surface area contributed by atoms with E-state index in [9.17, 15) is 4.79 Å². The molecule has 23 heavy (non-hydrogen) atoms. The second-order valence-electron chi connectivity index (χ2n) is 7.57. The van der Waals surface area contributed by atoms with Crippen LogP contribution in [0.4, 0.5) is 0 Å². The predicted octanol–water partition coefficient (Wildman–Crippen LogP) is 3.68. The van der Waals surface area contributed by atoms with E-state index in [-0.39, 0.29) is 5.91 Å². The minimum atomic E-state index is 0.170. The first kappa shape index (κ1) is 15.5. The minimum Gasteiger partial charge on any atom is -0.337 e. The van der Waals surface area contributed by atoms with Crippen LogP contribution in [0.25, 0.3) is 0 Å². The lowest BCUT2D eigenvalue weighted by molar-refractivity contribution is 0.0717. The molecular weight excluding hydrogens is 308 g/mol. The largest absolute Gasteiger partial charge is 0.337 e. The molecule has 4 fully saturated rings. The molecule has 2 atom stereocenters. The standard InChI is InChI=1S/C19H25ClN2O/c20-17-7-5-16(6-8-17)19(23)22-12-15-4-9-18(13-22)21(11-15)10-14-2-1-3-14/h5-8,14-15,18H,1-4,9-13H2/t15-,18-/m0/s1. The smallest absolute Gasteiger partial charge is 0.253 e. The summed E-state index contributed by atoms with van der Waals surface area (Å²) >= 11 is 5.94. The van der Waals surface area contributed by atoms with Gasteiger partial charge in [-0.1, -0.05) is 18.0 Å². The van der Waals surface area contributed by atoms with Gasteiger partial charge in [-0.25, -0.2) is 0 Å². The van der Waals surface area contributed by atoms with Gasteiger partial charge in [-0.3, -0.25) is 9.69 Å². The number of carbonyl (C=O) groups is 1. The minimum absolute atomic E-state index is 0.170. The Morgan fingerprint density at radius 2 is 1.83 bits per heavy atom. The van der Waals surface area contributed by atoms with E-state index in [1.54, 1.807) is 0 Å². The molecule has 0 N–H and O–H groups in total. The Balaban J connectivity index is 1.46. The molecule has 4 heteroatoms. The van der Waals surface area contributed by atoms with E-state index in [2.05, 4.69) is 9.80 Å². The molecule has 3 saturated heterocycles. The number of rotatable bonds is 3. The van der Waals surface area contributed by atoms with Crippen molar-refractivity contribution < 1.29 is 4.79 Å². The van der Waals surface area contributed by atoms with E-state index in [1.165, 1.54) is 45.2 Å². The summed E-state index contributed by atoms with van der Waals surface area (Å²) in [6.45, 7) is 4.25. The molecule has 1 amide bonds. The van der Waals surface area contributed by atoms with Crippen molar-refractivity contribution in [3.63, 3.8) is 0 Å². The number of hydrogen-bond acceptors (Lipinski definition) is 2. The SMILES string of the molecule is O=C(c1ccc(Cl)cc1)N1C[C@H]2CC[C@@H](C1)N(CC1CCC1)C2. The number of nitrogens with zero attached hydrogens (tertiary/aromatic N) is 2. The number of piperidine rings is 1. The predicted molar refractivity (Wildman–Crippen MR) is 92.8 cm³/mol. The molecule has 0 aromatic heterocycles. The molecule has 1 aromatic rings.